The number of allylic oxidation sites excluding steroid dienone is 1. The largest absolute Gasteiger partial charge is 0.493 e. The van der Waals surface area contributed by atoms with Gasteiger partial charge < -0.3 is 9.47 Å². The molecule has 1 aromatic heterocycles. The van der Waals surface area contributed by atoms with Gasteiger partial charge in [-0.05, 0) is 49.4 Å². The number of Topliss-reactive ketones (excluding diaryl/α,β-unsaturated/α-hetero) is 1. The molecule has 0 amide bonds. The molecule has 2 aliphatic rings. The Hall–Kier alpha value is -3.09. The number of ether oxygens (including phenoxy) is 2. The molecule has 0 saturated heterocycles. The van der Waals surface area contributed by atoms with Crippen LogP contribution in [0.5, 0.6) is 11.5 Å². The topological polar surface area (TPSA) is 76.6 Å². The number of nitrogens with one attached hydrogen (secondary N) is 1. The molecule has 7 heteroatoms. The molecule has 2 aromatic rings. The second kappa shape index (κ2) is 7.31. The Morgan fingerprint density at radius 2 is 1.70 bits per heavy atom. The fourth-order valence-corrected chi connectivity index (χ4v) is 4.41. The van der Waals surface area contributed by atoms with E-state index in [-0.39, 0.29) is 17.2 Å². The molecule has 1 atom stereocenters. The normalized spacial score (nSPS) is 20.1. The van der Waals surface area contributed by atoms with Gasteiger partial charge in [-0.3, -0.25) is 10.2 Å². The molecule has 7 nitrogen and oxygen atoms in total. The summed E-state index contributed by atoms with van der Waals surface area (Å²) >= 11 is 0. The van der Waals surface area contributed by atoms with Crippen LogP contribution in [0.25, 0.3) is 0 Å². The quantitative estimate of drug-likeness (QED) is 0.824. The summed E-state index contributed by atoms with van der Waals surface area (Å²) in [4.78, 5) is 22.5. The van der Waals surface area contributed by atoms with E-state index in [9.17, 15) is 4.79 Å². The number of carbonyl (C=O) groups excluding carboxylic acids is 1. The van der Waals surface area contributed by atoms with Crippen LogP contribution in [-0.2, 0) is 4.79 Å². The van der Waals surface area contributed by atoms with Crippen LogP contribution < -0.4 is 19.9 Å². The van der Waals surface area contributed by atoms with Crippen molar-refractivity contribution in [3.05, 3.63) is 52.5 Å². The molecule has 30 heavy (non-hydrogen) atoms. The van der Waals surface area contributed by atoms with Gasteiger partial charge in [-0.1, -0.05) is 19.9 Å². The second-order valence-electron chi connectivity index (χ2n) is 8.78. The number of aryl methyl sites for hydroxylation is 2. The van der Waals surface area contributed by atoms with E-state index >= 15 is 0 Å². The summed E-state index contributed by atoms with van der Waals surface area (Å²) in [5.41, 5.74) is 7.76. The van der Waals surface area contributed by atoms with Gasteiger partial charge >= 0.3 is 0 Å². The van der Waals surface area contributed by atoms with Crippen LogP contribution in [0, 0.1) is 19.3 Å². The van der Waals surface area contributed by atoms with Crippen molar-refractivity contribution in [3.63, 3.8) is 0 Å². The molecular formula is C23H28N4O3. The van der Waals surface area contributed by atoms with Gasteiger partial charge in [0, 0.05) is 29.1 Å². The third kappa shape index (κ3) is 3.49. The second-order valence-corrected chi connectivity index (χ2v) is 8.78. The Morgan fingerprint density at radius 3 is 2.33 bits per heavy atom. The van der Waals surface area contributed by atoms with Crippen LogP contribution in [0.15, 0.2) is 35.5 Å². The van der Waals surface area contributed by atoms with Gasteiger partial charge in [0.1, 0.15) is 6.04 Å². The molecule has 0 radical (unpaired) electrons. The van der Waals surface area contributed by atoms with Crippen LogP contribution in [0.3, 0.4) is 0 Å². The summed E-state index contributed by atoms with van der Waals surface area (Å²) in [7, 11) is 3.22. The van der Waals surface area contributed by atoms with Crippen LogP contribution in [0.2, 0.25) is 0 Å². The number of aromatic nitrogens is 2. The number of methoxy groups -OCH3 is 2. The predicted molar refractivity (Wildman–Crippen MR) is 114 cm³/mol. The highest BCUT2D eigenvalue weighted by molar-refractivity contribution is 6.00. The van der Waals surface area contributed by atoms with Crippen LogP contribution >= 0.6 is 0 Å². The lowest BCUT2D eigenvalue weighted by atomic mass is 9.74. The number of hydrogen-bond acceptors (Lipinski definition) is 7. The highest BCUT2D eigenvalue weighted by atomic mass is 16.5. The summed E-state index contributed by atoms with van der Waals surface area (Å²) in [5, 5.41) is 1.91. The van der Waals surface area contributed by atoms with E-state index in [0.717, 1.165) is 34.6 Å². The van der Waals surface area contributed by atoms with Crippen molar-refractivity contribution in [1.29, 1.82) is 0 Å². The van der Waals surface area contributed by atoms with E-state index < -0.39 is 0 Å². The Labute approximate surface area is 177 Å². The summed E-state index contributed by atoms with van der Waals surface area (Å²) < 4.78 is 10.9. The number of rotatable bonds is 4. The van der Waals surface area contributed by atoms with E-state index in [1.54, 1.807) is 14.2 Å². The zero-order valence-electron chi connectivity index (χ0n) is 18.4. The summed E-state index contributed by atoms with van der Waals surface area (Å²) in [5.74, 6) is 1.97. The van der Waals surface area contributed by atoms with E-state index in [0.29, 0.717) is 23.9 Å². The summed E-state index contributed by atoms with van der Waals surface area (Å²) in [6.07, 6.45) is 1.30. The minimum atomic E-state index is -0.343. The smallest absolute Gasteiger partial charge is 0.245 e. The minimum absolute atomic E-state index is 0.0928. The number of hydrazine groups is 1. The third-order valence-electron chi connectivity index (χ3n) is 5.62. The van der Waals surface area contributed by atoms with Gasteiger partial charge in [0.2, 0.25) is 5.95 Å². The molecule has 2 heterocycles. The van der Waals surface area contributed by atoms with Crippen molar-refractivity contribution in [2.75, 3.05) is 19.2 Å². The molecule has 0 saturated carbocycles. The fraction of sp³-hybridized carbons (Fsp3) is 0.435. The molecule has 1 aliphatic heterocycles. The molecule has 1 N–H and O–H groups in total. The van der Waals surface area contributed by atoms with Gasteiger partial charge in [-0.2, -0.15) is 0 Å². The SMILES string of the molecule is COc1ccc([C@@H]2C3=C(CC(C)(C)CC3=O)NN2c2nc(C)cc(C)n2)cc1OC. The zero-order chi connectivity index (χ0) is 21.6. The molecule has 158 valence electrons. The first kappa shape index (κ1) is 20.2. The Morgan fingerprint density at radius 1 is 1.03 bits per heavy atom. The molecule has 0 fully saturated rings. The van der Waals surface area contributed by atoms with Crippen molar-refractivity contribution in [1.82, 2.24) is 15.4 Å². The lowest BCUT2D eigenvalue weighted by molar-refractivity contribution is -0.118. The van der Waals surface area contributed by atoms with Gasteiger partial charge in [0.05, 0.1) is 14.2 Å². The maximum atomic E-state index is 13.2. The first-order valence-electron chi connectivity index (χ1n) is 10.1. The van der Waals surface area contributed by atoms with Gasteiger partial charge in [0.25, 0.3) is 0 Å². The molecule has 0 bridgehead atoms. The summed E-state index contributed by atoms with van der Waals surface area (Å²) in [6.45, 7) is 8.14. The molecule has 0 unspecified atom stereocenters. The average molecular weight is 409 g/mol. The minimum Gasteiger partial charge on any atom is -0.493 e. The van der Waals surface area contributed by atoms with E-state index in [4.69, 9.17) is 9.47 Å². The number of nitrogens with zero attached hydrogens (tertiary/aromatic N) is 3. The van der Waals surface area contributed by atoms with Crippen LogP contribution in [-0.4, -0.2) is 30.0 Å². The number of carbonyl (C=O) groups is 1. The third-order valence-corrected chi connectivity index (χ3v) is 5.62. The highest BCUT2D eigenvalue weighted by Gasteiger charge is 2.45. The first-order valence-corrected chi connectivity index (χ1v) is 10.1. The monoisotopic (exact) mass is 408 g/mol. The van der Waals surface area contributed by atoms with Crippen molar-refractivity contribution in [3.8, 4) is 11.5 Å². The van der Waals surface area contributed by atoms with Crippen molar-refractivity contribution in [2.24, 2.45) is 5.41 Å². The van der Waals surface area contributed by atoms with Crippen LogP contribution in [0.4, 0.5) is 5.95 Å². The first-order chi connectivity index (χ1) is 14.2. The predicted octanol–water partition coefficient (Wildman–Crippen LogP) is 3.82. The number of hydrogen-bond donors (Lipinski definition) is 1. The van der Waals surface area contributed by atoms with Crippen molar-refractivity contribution >= 4 is 11.7 Å². The summed E-state index contributed by atoms with van der Waals surface area (Å²) in [6, 6.07) is 7.34. The zero-order valence-corrected chi connectivity index (χ0v) is 18.4. The average Bonchev–Trinajstić information content (AvgIpc) is 3.05. The van der Waals surface area contributed by atoms with E-state index in [2.05, 4.69) is 29.2 Å². The Kier molecular flexibility index (Phi) is 4.92. The van der Waals surface area contributed by atoms with Crippen molar-refractivity contribution in [2.45, 2.75) is 46.6 Å². The van der Waals surface area contributed by atoms with Crippen LogP contribution in [0.1, 0.15) is 49.7 Å². The van der Waals surface area contributed by atoms with E-state index in [1.807, 2.05) is 43.1 Å². The highest BCUT2D eigenvalue weighted by Crippen LogP contribution is 2.47. The maximum Gasteiger partial charge on any atom is 0.245 e. The van der Waals surface area contributed by atoms with Gasteiger partial charge in [-0.25, -0.2) is 15.0 Å². The number of ketones is 1. The lowest BCUT2D eigenvalue weighted by Crippen LogP contribution is -2.36. The molecular weight excluding hydrogens is 380 g/mol. The standard InChI is InChI=1S/C23H28N4O3/c1-13-9-14(2)25-22(24-13)27-21(15-7-8-18(29-5)19(10-15)30-6)20-16(26-27)11-23(3,4)12-17(20)28/h7-10,21,26H,11-12H2,1-6H3/t21-/m1/s1. The Bertz CT molecular complexity index is 1020. The number of anilines is 1. The van der Waals surface area contributed by atoms with E-state index in [1.165, 1.54) is 0 Å². The number of benzene rings is 1. The fourth-order valence-electron chi connectivity index (χ4n) is 4.41. The molecule has 1 aromatic carbocycles. The van der Waals surface area contributed by atoms with Gasteiger partial charge in [-0.15, -0.1) is 0 Å². The van der Waals surface area contributed by atoms with Crippen molar-refractivity contribution < 1.29 is 14.3 Å². The molecule has 1 aliphatic carbocycles. The Balaban J connectivity index is 1.87. The maximum absolute atomic E-state index is 13.2. The molecule has 4 rings (SSSR count). The molecule has 0 spiro atoms. The lowest BCUT2D eigenvalue weighted by Gasteiger charge is -2.29. The van der Waals surface area contributed by atoms with Gasteiger partial charge in [0.15, 0.2) is 17.3 Å².